The lowest BCUT2D eigenvalue weighted by molar-refractivity contribution is 0.198. The van der Waals surface area contributed by atoms with Gasteiger partial charge >= 0.3 is 0 Å². The number of hydrogen-bond donors (Lipinski definition) is 2. The van der Waals surface area contributed by atoms with Crippen molar-refractivity contribution < 1.29 is 5.11 Å². The average Bonchev–Trinajstić information content (AvgIpc) is 2.79. The van der Waals surface area contributed by atoms with Crippen LogP contribution >= 0.6 is 0 Å². The van der Waals surface area contributed by atoms with Crippen molar-refractivity contribution in [2.45, 2.75) is 33.3 Å². The molecule has 1 aromatic carbocycles. The van der Waals surface area contributed by atoms with Crippen molar-refractivity contribution >= 4 is 5.71 Å². The maximum absolute atomic E-state index is 9.94. The van der Waals surface area contributed by atoms with Crippen LogP contribution in [-0.4, -0.2) is 10.8 Å². The summed E-state index contributed by atoms with van der Waals surface area (Å²) in [5.74, 6) is 0. The largest absolute Gasteiger partial charge is 0.389 e. The minimum absolute atomic E-state index is 0.530. The zero-order chi connectivity index (χ0) is 13.3. The Hall–Kier alpha value is -1.67. The van der Waals surface area contributed by atoms with Crippen molar-refractivity contribution in [3.63, 3.8) is 0 Å². The summed E-state index contributed by atoms with van der Waals surface area (Å²) < 4.78 is 0. The highest BCUT2D eigenvalue weighted by Crippen LogP contribution is 2.27. The zero-order valence-electron chi connectivity index (χ0n) is 11.1. The smallest absolute Gasteiger partial charge is 0.0771 e. The molecule has 1 aliphatic rings. The number of aryl methyl sites for hydroxylation is 2. The van der Waals surface area contributed by atoms with Crippen LogP contribution in [0.3, 0.4) is 0 Å². The van der Waals surface area contributed by atoms with Crippen molar-refractivity contribution in [2.75, 3.05) is 0 Å². The van der Waals surface area contributed by atoms with Gasteiger partial charge in [-0.15, -0.1) is 0 Å². The fourth-order valence-corrected chi connectivity index (χ4v) is 2.55. The maximum Gasteiger partial charge on any atom is 0.0771 e. The molecule has 0 aromatic heterocycles. The van der Waals surface area contributed by atoms with Gasteiger partial charge in [0.25, 0.3) is 0 Å². The van der Waals surface area contributed by atoms with Crippen LogP contribution in [0.25, 0.3) is 0 Å². The molecule has 0 amide bonds. The quantitative estimate of drug-likeness (QED) is 0.780. The van der Waals surface area contributed by atoms with Gasteiger partial charge in [0.1, 0.15) is 0 Å². The first-order valence-electron chi connectivity index (χ1n) is 6.25. The fourth-order valence-electron chi connectivity index (χ4n) is 2.55. The van der Waals surface area contributed by atoms with Crippen molar-refractivity contribution in [1.82, 2.24) is 0 Å². The highest BCUT2D eigenvalue weighted by Gasteiger charge is 2.18. The van der Waals surface area contributed by atoms with Crippen LogP contribution < -0.4 is 0 Å². The fraction of sp³-hybridized carbons (Fsp3) is 0.312. The standard InChI is InChI=1S/C16H19NO/c1-10-8-11(2)15(12(3)18)14(9-10)16(17)13-6-4-5-7-13/h4-6,8-9,12,17-18H,7H2,1-3H3/t12-/m0/s1. The first-order chi connectivity index (χ1) is 8.50. The van der Waals surface area contributed by atoms with E-state index in [0.717, 1.165) is 34.2 Å². The van der Waals surface area contributed by atoms with Gasteiger partial charge < -0.3 is 5.11 Å². The normalized spacial score (nSPS) is 15.7. The Labute approximate surface area is 108 Å². The van der Waals surface area contributed by atoms with Gasteiger partial charge in [-0.05, 0) is 50.0 Å². The van der Waals surface area contributed by atoms with E-state index in [9.17, 15) is 5.11 Å². The van der Waals surface area contributed by atoms with E-state index in [-0.39, 0.29) is 0 Å². The highest BCUT2D eigenvalue weighted by atomic mass is 16.3. The number of aliphatic hydroxyl groups is 1. The van der Waals surface area contributed by atoms with Gasteiger partial charge in [-0.3, -0.25) is 5.41 Å². The lowest BCUT2D eigenvalue weighted by atomic mass is 9.90. The molecule has 1 aromatic rings. The topological polar surface area (TPSA) is 44.1 Å². The maximum atomic E-state index is 9.94. The Kier molecular flexibility index (Phi) is 3.48. The molecule has 94 valence electrons. The van der Waals surface area contributed by atoms with E-state index in [4.69, 9.17) is 5.41 Å². The van der Waals surface area contributed by atoms with Crippen LogP contribution in [0.15, 0.2) is 35.9 Å². The third kappa shape index (κ3) is 2.29. The van der Waals surface area contributed by atoms with E-state index >= 15 is 0 Å². The SMILES string of the molecule is Cc1cc(C)c([C@H](C)O)c(C(=N)C2=CC=CC2)c1. The summed E-state index contributed by atoms with van der Waals surface area (Å²) in [6.07, 6.45) is 6.27. The third-order valence-electron chi connectivity index (χ3n) is 3.31. The Bertz CT molecular complexity index is 550. The Morgan fingerprint density at radius 1 is 1.33 bits per heavy atom. The van der Waals surface area contributed by atoms with Gasteiger partial charge in [-0.2, -0.15) is 0 Å². The van der Waals surface area contributed by atoms with Gasteiger partial charge in [-0.1, -0.05) is 29.9 Å². The monoisotopic (exact) mass is 241 g/mol. The van der Waals surface area contributed by atoms with Gasteiger partial charge in [0.15, 0.2) is 0 Å². The second-order valence-corrected chi connectivity index (χ2v) is 4.92. The van der Waals surface area contributed by atoms with Gasteiger partial charge in [0.05, 0.1) is 11.8 Å². The summed E-state index contributed by atoms with van der Waals surface area (Å²) in [7, 11) is 0. The molecule has 2 N–H and O–H groups in total. The lowest BCUT2D eigenvalue weighted by Crippen LogP contribution is -2.10. The second-order valence-electron chi connectivity index (χ2n) is 4.92. The van der Waals surface area contributed by atoms with E-state index in [1.807, 2.05) is 32.1 Å². The second kappa shape index (κ2) is 4.91. The Morgan fingerprint density at radius 2 is 2.06 bits per heavy atom. The molecule has 0 saturated carbocycles. The summed E-state index contributed by atoms with van der Waals surface area (Å²) in [4.78, 5) is 0. The van der Waals surface area contributed by atoms with E-state index < -0.39 is 6.10 Å². The molecule has 2 nitrogen and oxygen atoms in total. The molecule has 0 heterocycles. The van der Waals surface area contributed by atoms with Crippen LogP contribution in [0.2, 0.25) is 0 Å². The molecule has 0 spiro atoms. The van der Waals surface area contributed by atoms with Crippen molar-refractivity contribution in [3.05, 3.63) is 58.2 Å². The number of benzene rings is 1. The first kappa shape index (κ1) is 12.8. The molecule has 0 fully saturated rings. The van der Waals surface area contributed by atoms with Crippen molar-refractivity contribution in [3.8, 4) is 0 Å². The summed E-state index contributed by atoms with van der Waals surface area (Å²) in [6.45, 7) is 5.78. The number of nitrogens with one attached hydrogen (secondary N) is 1. The number of aliphatic hydroxyl groups excluding tert-OH is 1. The lowest BCUT2D eigenvalue weighted by Gasteiger charge is -2.17. The van der Waals surface area contributed by atoms with Gasteiger partial charge in [-0.25, -0.2) is 0 Å². The molecule has 0 unspecified atom stereocenters. The van der Waals surface area contributed by atoms with Gasteiger partial charge in [0, 0.05) is 5.56 Å². The highest BCUT2D eigenvalue weighted by molar-refractivity contribution is 6.12. The third-order valence-corrected chi connectivity index (χ3v) is 3.31. The minimum Gasteiger partial charge on any atom is -0.389 e. The van der Waals surface area contributed by atoms with E-state index in [1.165, 1.54) is 0 Å². The van der Waals surface area contributed by atoms with Crippen LogP contribution in [0.1, 0.15) is 41.7 Å². The number of hydrogen-bond acceptors (Lipinski definition) is 2. The number of rotatable bonds is 3. The van der Waals surface area contributed by atoms with E-state index in [0.29, 0.717) is 5.71 Å². The van der Waals surface area contributed by atoms with Crippen molar-refractivity contribution in [1.29, 1.82) is 5.41 Å². The van der Waals surface area contributed by atoms with Gasteiger partial charge in [0.2, 0.25) is 0 Å². The zero-order valence-corrected chi connectivity index (χ0v) is 11.1. The molecule has 0 aliphatic heterocycles. The number of allylic oxidation sites excluding steroid dienone is 4. The predicted molar refractivity (Wildman–Crippen MR) is 75.2 cm³/mol. The van der Waals surface area contributed by atoms with Crippen LogP contribution in [0.5, 0.6) is 0 Å². The predicted octanol–water partition coefficient (Wildman–Crippen LogP) is 3.61. The molecule has 0 saturated heterocycles. The van der Waals surface area contributed by atoms with Crippen LogP contribution in [0.4, 0.5) is 0 Å². The molecule has 1 aliphatic carbocycles. The first-order valence-corrected chi connectivity index (χ1v) is 6.25. The van der Waals surface area contributed by atoms with Crippen LogP contribution in [-0.2, 0) is 0 Å². The molecule has 2 heteroatoms. The minimum atomic E-state index is -0.545. The van der Waals surface area contributed by atoms with Crippen LogP contribution in [0, 0.1) is 19.3 Å². The summed E-state index contributed by atoms with van der Waals surface area (Å²) in [5, 5.41) is 18.3. The Balaban J connectivity index is 2.52. The molecule has 18 heavy (non-hydrogen) atoms. The molecular formula is C16H19NO. The van der Waals surface area contributed by atoms with E-state index in [2.05, 4.69) is 12.1 Å². The van der Waals surface area contributed by atoms with E-state index in [1.54, 1.807) is 6.92 Å². The molecule has 0 bridgehead atoms. The molecule has 2 rings (SSSR count). The summed E-state index contributed by atoms with van der Waals surface area (Å²) in [6, 6.07) is 4.05. The summed E-state index contributed by atoms with van der Waals surface area (Å²) >= 11 is 0. The average molecular weight is 241 g/mol. The molecular weight excluding hydrogens is 222 g/mol. The Morgan fingerprint density at radius 3 is 2.61 bits per heavy atom. The molecule has 0 radical (unpaired) electrons. The van der Waals surface area contributed by atoms with Crippen molar-refractivity contribution in [2.24, 2.45) is 0 Å². The summed E-state index contributed by atoms with van der Waals surface area (Å²) in [5.41, 5.74) is 5.46. The molecule has 1 atom stereocenters.